The highest BCUT2D eigenvalue weighted by Crippen LogP contribution is 2.14. The van der Waals surface area contributed by atoms with Crippen molar-refractivity contribution >= 4 is 17.9 Å². The average Bonchev–Trinajstić information content (AvgIpc) is 3.18. The largest absolute Gasteiger partial charge is 0.462 e. The van der Waals surface area contributed by atoms with Crippen LogP contribution in [0, 0.1) is 0 Å². The summed E-state index contributed by atoms with van der Waals surface area (Å²) in [6.07, 6.45) is 52.0. The molecule has 0 N–H and O–H groups in total. The molecule has 0 aromatic rings. The van der Waals surface area contributed by atoms with E-state index in [9.17, 15) is 14.4 Å². The number of carbonyl (C=O) groups is 3. The van der Waals surface area contributed by atoms with Gasteiger partial charge in [-0.15, -0.1) is 0 Å². The van der Waals surface area contributed by atoms with Gasteiger partial charge in [-0.25, -0.2) is 0 Å². The van der Waals surface area contributed by atoms with Crippen molar-refractivity contribution < 1.29 is 28.6 Å². The molecule has 0 aliphatic heterocycles. The molecule has 0 aliphatic rings. The predicted molar refractivity (Wildman–Crippen MR) is 233 cm³/mol. The lowest BCUT2D eigenvalue weighted by Crippen LogP contribution is -2.30. The van der Waals surface area contributed by atoms with E-state index in [-0.39, 0.29) is 31.1 Å². The minimum atomic E-state index is -0.783. The van der Waals surface area contributed by atoms with Gasteiger partial charge in [-0.05, 0) is 57.8 Å². The molecule has 0 aliphatic carbocycles. The monoisotopic (exact) mass is 769 g/mol. The Morgan fingerprint density at radius 2 is 0.745 bits per heavy atom. The van der Waals surface area contributed by atoms with Crippen LogP contribution in [-0.4, -0.2) is 37.2 Å². The van der Waals surface area contributed by atoms with Crippen LogP contribution in [0.2, 0.25) is 0 Å². The molecule has 0 fully saturated rings. The smallest absolute Gasteiger partial charge is 0.306 e. The van der Waals surface area contributed by atoms with Crippen molar-refractivity contribution in [1.29, 1.82) is 0 Å². The van der Waals surface area contributed by atoms with Crippen molar-refractivity contribution in [3.63, 3.8) is 0 Å². The molecule has 0 aromatic carbocycles. The van der Waals surface area contributed by atoms with E-state index in [0.717, 1.165) is 103 Å². The zero-order valence-electron chi connectivity index (χ0n) is 35.9. The van der Waals surface area contributed by atoms with Gasteiger partial charge in [0.05, 0.1) is 0 Å². The normalized spacial score (nSPS) is 12.6. The molecule has 0 spiro atoms. The molecule has 1 unspecified atom stereocenters. The van der Waals surface area contributed by atoms with Gasteiger partial charge in [0.1, 0.15) is 13.2 Å². The molecule has 55 heavy (non-hydrogen) atoms. The number of ether oxygens (including phenoxy) is 3. The summed E-state index contributed by atoms with van der Waals surface area (Å²) < 4.78 is 16.7. The van der Waals surface area contributed by atoms with E-state index >= 15 is 0 Å². The third-order valence-corrected chi connectivity index (χ3v) is 9.60. The molecule has 0 bridgehead atoms. The lowest BCUT2D eigenvalue weighted by atomic mass is 10.0. The second-order valence-corrected chi connectivity index (χ2v) is 15.0. The molecular formula is C49H84O6. The van der Waals surface area contributed by atoms with E-state index in [4.69, 9.17) is 14.2 Å². The van der Waals surface area contributed by atoms with Gasteiger partial charge < -0.3 is 14.2 Å². The van der Waals surface area contributed by atoms with E-state index in [1.165, 1.54) is 70.6 Å². The second-order valence-electron chi connectivity index (χ2n) is 15.0. The quantitative estimate of drug-likeness (QED) is 0.0203. The number of unbranched alkanes of at least 4 members (excludes halogenated alkanes) is 22. The summed E-state index contributed by atoms with van der Waals surface area (Å²) in [4.78, 5) is 37.7. The number of hydrogen-bond acceptors (Lipinski definition) is 6. The van der Waals surface area contributed by atoms with E-state index in [1.54, 1.807) is 0 Å². The minimum absolute atomic E-state index is 0.0872. The van der Waals surface area contributed by atoms with Crippen LogP contribution >= 0.6 is 0 Å². The summed E-state index contributed by atoms with van der Waals surface area (Å²) in [5.74, 6) is -0.926. The Balaban J connectivity index is 4.42. The van der Waals surface area contributed by atoms with Crippen LogP contribution in [0.25, 0.3) is 0 Å². The topological polar surface area (TPSA) is 78.9 Å². The first-order chi connectivity index (χ1) is 27.0. The Morgan fingerprint density at radius 1 is 0.382 bits per heavy atom. The highest BCUT2D eigenvalue weighted by Gasteiger charge is 2.19. The third kappa shape index (κ3) is 42.1. The minimum Gasteiger partial charge on any atom is -0.462 e. The number of hydrogen-bond donors (Lipinski definition) is 0. The fraction of sp³-hybridized carbons (Fsp3) is 0.735. The Labute approximate surface area is 339 Å². The molecule has 316 valence electrons. The van der Waals surface area contributed by atoms with Gasteiger partial charge >= 0.3 is 17.9 Å². The van der Waals surface area contributed by atoms with Gasteiger partial charge in [-0.1, -0.05) is 197 Å². The van der Waals surface area contributed by atoms with E-state index in [0.29, 0.717) is 19.3 Å². The Morgan fingerprint density at radius 3 is 1.22 bits per heavy atom. The van der Waals surface area contributed by atoms with Gasteiger partial charge in [-0.3, -0.25) is 14.4 Å². The molecule has 0 radical (unpaired) electrons. The molecule has 1 atom stereocenters. The zero-order valence-corrected chi connectivity index (χ0v) is 35.9. The number of rotatable bonds is 40. The molecule has 0 saturated carbocycles. The summed E-state index contributed by atoms with van der Waals surface area (Å²) >= 11 is 0. The summed E-state index contributed by atoms with van der Waals surface area (Å²) in [6, 6.07) is 0. The SMILES string of the molecule is CC\C=C/C=C\C=C/C=C\CCCCCCCC(=O)OCC(COC(=O)CCCCCC/C=C\CCCC)OC(=O)CCCCCCCCCCCCCC. The van der Waals surface area contributed by atoms with Gasteiger partial charge in [0.15, 0.2) is 6.10 Å². The van der Waals surface area contributed by atoms with E-state index in [2.05, 4.69) is 63.3 Å². The van der Waals surface area contributed by atoms with Crippen LogP contribution in [0.15, 0.2) is 60.8 Å². The van der Waals surface area contributed by atoms with Gasteiger partial charge in [0, 0.05) is 19.3 Å². The molecule has 0 rings (SSSR count). The van der Waals surface area contributed by atoms with E-state index < -0.39 is 6.10 Å². The van der Waals surface area contributed by atoms with Crippen LogP contribution in [0.4, 0.5) is 0 Å². The van der Waals surface area contributed by atoms with Crippen molar-refractivity contribution in [3.8, 4) is 0 Å². The zero-order chi connectivity index (χ0) is 40.1. The fourth-order valence-electron chi connectivity index (χ4n) is 6.14. The Kier molecular flexibility index (Phi) is 41.5. The first kappa shape index (κ1) is 52.1. The molecule has 0 amide bonds. The van der Waals surface area contributed by atoms with Crippen LogP contribution in [0.1, 0.15) is 213 Å². The fourth-order valence-corrected chi connectivity index (χ4v) is 6.14. The highest BCUT2D eigenvalue weighted by molar-refractivity contribution is 5.71. The van der Waals surface area contributed by atoms with Gasteiger partial charge in [-0.2, -0.15) is 0 Å². The summed E-state index contributed by atoms with van der Waals surface area (Å²) in [5.41, 5.74) is 0. The van der Waals surface area contributed by atoms with Crippen molar-refractivity contribution in [2.24, 2.45) is 0 Å². The van der Waals surface area contributed by atoms with Crippen LogP contribution in [-0.2, 0) is 28.6 Å². The van der Waals surface area contributed by atoms with E-state index in [1.807, 2.05) is 18.2 Å². The first-order valence-corrected chi connectivity index (χ1v) is 22.8. The number of carbonyl (C=O) groups excluding carboxylic acids is 3. The number of allylic oxidation sites excluding steroid dienone is 10. The van der Waals surface area contributed by atoms with Crippen LogP contribution in [0.5, 0.6) is 0 Å². The van der Waals surface area contributed by atoms with Crippen molar-refractivity contribution in [1.82, 2.24) is 0 Å². The lowest BCUT2D eigenvalue weighted by Gasteiger charge is -2.18. The first-order valence-electron chi connectivity index (χ1n) is 22.8. The Hall–Kier alpha value is -2.89. The highest BCUT2D eigenvalue weighted by atomic mass is 16.6. The summed E-state index contributed by atoms with van der Waals surface area (Å²) in [6.45, 7) is 6.41. The molecule has 0 heterocycles. The maximum Gasteiger partial charge on any atom is 0.306 e. The standard InChI is InChI=1S/C49H84O6/c1-4-7-10-13-16-19-22-24-25-26-28-30-33-36-39-42-48(51)54-45-46(44-53-47(50)41-38-35-32-29-21-18-15-12-9-6-3)55-49(52)43-40-37-34-31-27-23-20-17-14-11-8-5-2/h7,10,13,15-16,18-19,22,24-25,46H,4-6,8-9,11-12,14,17,20-21,23,26-45H2,1-3H3/b10-7-,16-13-,18-15-,22-19-,25-24-. The van der Waals surface area contributed by atoms with Crippen LogP contribution in [0.3, 0.4) is 0 Å². The molecule has 0 aromatic heterocycles. The average molecular weight is 769 g/mol. The van der Waals surface area contributed by atoms with Gasteiger partial charge in [0.25, 0.3) is 0 Å². The molecule has 0 saturated heterocycles. The Bertz CT molecular complexity index is 1020. The second kappa shape index (κ2) is 43.8. The summed E-state index contributed by atoms with van der Waals surface area (Å²) in [5, 5.41) is 0. The molecular weight excluding hydrogens is 685 g/mol. The van der Waals surface area contributed by atoms with Crippen molar-refractivity contribution in [3.05, 3.63) is 60.8 Å². The third-order valence-electron chi connectivity index (χ3n) is 9.60. The van der Waals surface area contributed by atoms with Crippen LogP contribution < -0.4 is 0 Å². The summed E-state index contributed by atoms with van der Waals surface area (Å²) in [7, 11) is 0. The predicted octanol–water partition coefficient (Wildman–Crippen LogP) is 14.5. The maximum absolute atomic E-state index is 12.7. The maximum atomic E-state index is 12.7. The molecule has 6 heteroatoms. The molecule has 6 nitrogen and oxygen atoms in total. The van der Waals surface area contributed by atoms with Crippen molar-refractivity contribution in [2.75, 3.05) is 13.2 Å². The number of esters is 3. The van der Waals surface area contributed by atoms with Gasteiger partial charge in [0.2, 0.25) is 0 Å². The lowest BCUT2D eigenvalue weighted by molar-refractivity contribution is -0.167. The van der Waals surface area contributed by atoms with Crippen molar-refractivity contribution in [2.45, 2.75) is 219 Å².